The van der Waals surface area contributed by atoms with Gasteiger partial charge in [-0.3, -0.25) is 0 Å². The second kappa shape index (κ2) is 12.9. The van der Waals surface area contributed by atoms with E-state index in [-0.39, 0.29) is 22.4 Å². The highest BCUT2D eigenvalue weighted by Gasteiger charge is 2.31. The molecular formula is C20H25Br2ClN2O6S2. The molecule has 2 fully saturated rings. The van der Waals surface area contributed by atoms with E-state index in [4.69, 9.17) is 15.8 Å². The van der Waals surface area contributed by atoms with Gasteiger partial charge in [0.15, 0.2) is 0 Å². The topological polar surface area (TPSA) is 124 Å². The molecule has 0 aliphatic carbocycles. The number of aliphatic hydroxyl groups excluding tert-OH is 2. The number of β-amino-alcohol motifs (C(OH)–C–C–N with tert-alkyl or cyclic N) is 2. The summed E-state index contributed by atoms with van der Waals surface area (Å²) in [7, 11) is -1.95. The zero-order chi connectivity index (χ0) is 24.6. The monoisotopic (exact) mass is 646 g/mol. The molecule has 2 atom stereocenters. The normalized spacial score (nSPS) is 21.0. The molecule has 0 spiro atoms. The minimum Gasteiger partial charge on any atom is -0.392 e. The van der Waals surface area contributed by atoms with Gasteiger partial charge in [-0.2, -0.15) is 4.31 Å². The standard InChI is InChI=1S/C10H12BrNO3S.C6H4BrClO2S.C4H9NO/c11-8-2-1-3-10(6-8)16(14,15)12-5-4-9(13)7-12;7-5-2-1-3-6(4-5)11(8,9)10;6-4-1-2-5-3-4/h1-3,6,9,13H,4-5,7H2;1-4H;4-6H,1-3H2/t9-;;4-/m0.0/s1. The maximum atomic E-state index is 12.1. The highest BCUT2D eigenvalue weighted by molar-refractivity contribution is 9.10. The molecule has 2 heterocycles. The van der Waals surface area contributed by atoms with Gasteiger partial charge >= 0.3 is 0 Å². The Bertz CT molecular complexity index is 1130. The maximum absolute atomic E-state index is 12.1. The van der Waals surface area contributed by atoms with Crippen molar-refractivity contribution < 1.29 is 27.0 Å². The van der Waals surface area contributed by atoms with E-state index in [2.05, 4.69) is 37.2 Å². The number of nitrogens with zero attached hydrogens (tertiary/aromatic N) is 1. The van der Waals surface area contributed by atoms with Crippen molar-refractivity contribution >= 4 is 61.6 Å². The molecule has 4 rings (SSSR count). The number of benzene rings is 2. The Kier molecular flexibility index (Phi) is 11.2. The fourth-order valence-corrected chi connectivity index (χ4v) is 6.40. The lowest BCUT2D eigenvalue weighted by Crippen LogP contribution is -2.29. The average Bonchev–Trinajstić information content (AvgIpc) is 3.40. The van der Waals surface area contributed by atoms with Gasteiger partial charge in [-0.15, -0.1) is 0 Å². The van der Waals surface area contributed by atoms with Crippen molar-refractivity contribution in [3.05, 3.63) is 57.5 Å². The van der Waals surface area contributed by atoms with Crippen LogP contribution in [0.2, 0.25) is 0 Å². The zero-order valence-corrected chi connectivity index (χ0v) is 23.0. The van der Waals surface area contributed by atoms with Crippen molar-refractivity contribution in [3.63, 3.8) is 0 Å². The quantitative estimate of drug-likeness (QED) is 0.438. The molecule has 2 aromatic rings. The van der Waals surface area contributed by atoms with Crippen molar-refractivity contribution in [3.8, 4) is 0 Å². The van der Waals surface area contributed by atoms with E-state index in [1.165, 1.54) is 16.4 Å². The number of hydrogen-bond acceptors (Lipinski definition) is 7. The van der Waals surface area contributed by atoms with Gasteiger partial charge in [-0.1, -0.05) is 44.0 Å². The molecule has 3 N–H and O–H groups in total. The minimum atomic E-state index is -3.58. The van der Waals surface area contributed by atoms with E-state index in [1.807, 2.05) is 0 Å². The number of halogens is 3. The molecule has 2 saturated heterocycles. The van der Waals surface area contributed by atoms with Crippen LogP contribution in [0.1, 0.15) is 12.8 Å². The van der Waals surface area contributed by atoms with Crippen molar-refractivity contribution in [1.29, 1.82) is 0 Å². The van der Waals surface area contributed by atoms with Crippen LogP contribution in [0.5, 0.6) is 0 Å². The molecular weight excluding hydrogens is 624 g/mol. The molecule has 13 heteroatoms. The molecule has 33 heavy (non-hydrogen) atoms. The number of sulfonamides is 1. The Morgan fingerprint density at radius 1 is 0.909 bits per heavy atom. The van der Waals surface area contributed by atoms with Crippen LogP contribution in [-0.2, 0) is 19.1 Å². The Balaban J connectivity index is 0.000000195. The van der Waals surface area contributed by atoms with Crippen molar-refractivity contribution in [2.75, 3.05) is 26.2 Å². The molecule has 0 saturated carbocycles. The average molecular weight is 649 g/mol. The van der Waals surface area contributed by atoms with Crippen molar-refractivity contribution in [2.24, 2.45) is 0 Å². The zero-order valence-electron chi connectivity index (χ0n) is 17.4. The summed E-state index contributed by atoms with van der Waals surface area (Å²) in [6.45, 7) is 2.35. The van der Waals surface area contributed by atoms with Gasteiger partial charge in [0.1, 0.15) is 0 Å². The second-order valence-corrected chi connectivity index (χ2v) is 13.6. The third-order valence-electron chi connectivity index (χ3n) is 4.67. The largest absolute Gasteiger partial charge is 0.392 e. The van der Waals surface area contributed by atoms with Crippen LogP contribution in [-0.4, -0.2) is 69.7 Å². The lowest BCUT2D eigenvalue weighted by Gasteiger charge is -2.15. The summed E-state index contributed by atoms with van der Waals surface area (Å²) < 4.78 is 48.5. The van der Waals surface area contributed by atoms with Gasteiger partial charge in [0.25, 0.3) is 9.05 Å². The van der Waals surface area contributed by atoms with E-state index in [1.54, 1.807) is 36.4 Å². The summed E-state index contributed by atoms with van der Waals surface area (Å²) in [5.74, 6) is 0. The van der Waals surface area contributed by atoms with Gasteiger partial charge in [0, 0.05) is 39.3 Å². The molecule has 0 unspecified atom stereocenters. The van der Waals surface area contributed by atoms with Crippen LogP contribution in [0.4, 0.5) is 0 Å². The molecule has 184 valence electrons. The van der Waals surface area contributed by atoms with Crippen LogP contribution in [0, 0.1) is 0 Å². The van der Waals surface area contributed by atoms with Crippen LogP contribution >= 0.6 is 42.5 Å². The Morgan fingerprint density at radius 3 is 1.85 bits per heavy atom. The molecule has 0 radical (unpaired) electrons. The minimum absolute atomic E-state index is 0.0648. The molecule has 0 bridgehead atoms. The lowest BCUT2D eigenvalue weighted by molar-refractivity contribution is 0.189. The van der Waals surface area contributed by atoms with E-state index in [9.17, 15) is 21.9 Å². The number of nitrogens with one attached hydrogen (secondary N) is 1. The highest BCUT2D eigenvalue weighted by Crippen LogP contribution is 2.23. The predicted molar refractivity (Wildman–Crippen MR) is 134 cm³/mol. The van der Waals surface area contributed by atoms with Gasteiger partial charge in [-0.05, 0) is 55.8 Å². The first-order valence-electron chi connectivity index (χ1n) is 9.92. The first kappa shape index (κ1) is 28.7. The SMILES string of the molecule is O=S(=O)(Cl)c1cccc(Br)c1.O=S(=O)(c1cccc(Br)c1)N1CC[C@H](O)C1.O[C@H]1CCNC1. The van der Waals surface area contributed by atoms with E-state index >= 15 is 0 Å². The van der Waals surface area contributed by atoms with Gasteiger partial charge in [-0.25, -0.2) is 16.8 Å². The summed E-state index contributed by atoms with van der Waals surface area (Å²) in [6, 6.07) is 12.8. The van der Waals surface area contributed by atoms with Crippen molar-refractivity contribution in [1.82, 2.24) is 9.62 Å². The first-order valence-corrected chi connectivity index (χ1v) is 15.3. The Hall–Kier alpha value is -0.570. The molecule has 2 aromatic carbocycles. The summed E-state index contributed by atoms with van der Waals surface area (Å²) >= 11 is 6.37. The highest BCUT2D eigenvalue weighted by atomic mass is 79.9. The summed E-state index contributed by atoms with van der Waals surface area (Å²) in [5, 5.41) is 21.0. The summed E-state index contributed by atoms with van der Waals surface area (Å²) in [5.41, 5.74) is 0. The van der Waals surface area contributed by atoms with Crippen LogP contribution in [0.15, 0.2) is 67.3 Å². The van der Waals surface area contributed by atoms with Crippen LogP contribution in [0.3, 0.4) is 0 Å². The van der Waals surface area contributed by atoms with Crippen LogP contribution < -0.4 is 5.32 Å². The summed E-state index contributed by atoms with van der Waals surface area (Å²) in [6.07, 6.45) is 0.833. The summed E-state index contributed by atoms with van der Waals surface area (Å²) in [4.78, 5) is 0.365. The predicted octanol–water partition coefficient (Wildman–Crippen LogP) is 2.92. The van der Waals surface area contributed by atoms with Gasteiger partial charge in [0.05, 0.1) is 22.0 Å². The lowest BCUT2D eigenvalue weighted by atomic mass is 10.3. The molecule has 2 aliphatic rings. The molecule has 2 aliphatic heterocycles. The maximum Gasteiger partial charge on any atom is 0.261 e. The fraction of sp³-hybridized carbons (Fsp3) is 0.400. The smallest absolute Gasteiger partial charge is 0.261 e. The van der Waals surface area contributed by atoms with Gasteiger partial charge < -0.3 is 15.5 Å². The number of rotatable bonds is 3. The second-order valence-electron chi connectivity index (χ2n) is 7.30. The Morgan fingerprint density at radius 2 is 1.48 bits per heavy atom. The van der Waals surface area contributed by atoms with Gasteiger partial charge in [0.2, 0.25) is 10.0 Å². The molecule has 0 aromatic heterocycles. The molecule has 0 amide bonds. The van der Waals surface area contributed by atoms with Crippen LogP contribution in [0.25, 0.3) is 0 Å². The van der Waals surface area contributed by atoms with E-state index in [0.717, 1.165) is 24.0 Å². The molecule has 8 nitrogen and oxygen atoms in total. The third-order valence-corrected chi connectivity index (χ3v) is 8.87. The van der Waals surface area contributed by atoms with Crippen molar-refractivity contribution in [2.45, 2.75) is 34.8 Å². The van der Waals surface area contributed by atoms with E-state index < -0.39 is 25.2 Å². The third kappa shape index (κ3) is 9.54. The first-order chi connectivity index (χ1) is 15.4. The van der Waals surface area contributed by atoms with E-state index in [0.29, 0.717) is 17.4 Å². The number of aliphatic hydroxyl groups is 2. The Labute approximate surface area is 215 Å². The fourth-order valence-electron chi connectivity index (χ4n) is 2.96. The number of hydrogen-bond donors (Lipinski definition) is 3.